The van der Waals surface area contributed by atoms with E-state index in [-0.39, 0.29) is 11.9 Å². The topological polar surface area (TPSA) is 52.6 Å². The molecule has 0 saturated heterocycles. The van der Waals surface area contributed by atoms with Gasteiger partial charge in [0.1, 0.15) is 0 Å². The number of hydrogen-bond acceptors (Lipinski definition) is 4. The van der Waals surface area contributed by atoms with Crippen molar-refractivity contribution in [2.24, 2.45) is 0 Å². The van der Waals surface area contributed by atoms with Gasteiger partial charge in [0, 0.05) is 0 Å². The van der Waals surface area contributed by atoms with E-state index in [1.807, 2.05) is 36.4 Å². The molecule has 0 aromatic heterocycles. The predicted octanol–water partition coefficient (Wildman–Crippen LogP) is 4.16. The zero-order valence-corrected chi connectivity index (χ0v) is 13.3. The summed E-state index contributed by atoms with van der Waals surface area (Å²) in [6, 6.07) is 15.1. The van der Waals surface area contributed by atoms with Gasteiger partial charge < -0.3 is 9.47 Å². The molecule has 0 atom stereocenters. The molecule has 4 heteroatoms. The van der Waals surface area contributed by atoms with Crippen molar-refractivity contribution in [2.45, 2.75) is 0 Å². The minimum absolute atomic E-state index is 0.374. The zero-order valence-electron chi connectivity index (χ0n) is 13.3. The van der Waals surface area contributed by atoms with Crippen molar-refractivity contribution < 1.29 is 19.1 Å². The van der Waals surface area contributed by atoms with Crippen LogP contribution in [0.15, 0.2) is 48.5 Å². The summed E-state index contributed by atoms with van der Waals surface area (Å²) in [6.07, 6.45) is 0. The highest BCUT2D eigenvalue weighted by Crippen LogP contribution is 2.37. The Morgan fingerprint density at radius 1 is 0.625 bits per heavy atom. The molecule has 0 heterocycles. The maximum atomic E-state index is 12.1. The molecular weight excluding hydrogens is 304 g/mol. The van der Waals surface area contributed by atoms with Crippen molar-refractivity contribution in [3.05, 3.63) is 59.7 Å². The van der Waals surface area contributed by atoms with Crippen molar-refractivity contribution in [1.29, 1.82) is 0 Å². The van der Waals surface area contributed by atoms with Crippen LogP contribution in [0.25, 0.3) is 32.3 Å². The molecule has 0 radical (unpaired) electrons. The average Bonchev–Trinajstić information content (AvgIpc) is 2.64. The number of esters is 2. The summed E-state index contributed by atoms with van der Waals surface area (Å²) >= 11 is 0. The smallest absolute Gasteiger partial charge is 0.338 e. The number of rotatable bonds is 2. The molecule has 0 fully saturated rings. The average molecular weight is 318 g/mol. The van der Waals surface area contributed by atoms with Gasteiger partial charge >= 0.3 is 11.9 Å². The van der Waals surface area contributed by atoms with E-state index in [4.69, 9.17) is 9.47 Å². The number of benzene rings is 4. The lowest BCUT2D eigenvalue weighted by Gasteiger charge is -2.14. The molecule has 0 aliphatic carbocycles. The molecule has 0 bridgehead atoms. The fourth-order valence-electron chi connectivity index (χ4n) is 3.38. The van der Waals surface area contributed by atoms with Crippen molar-refractivity contribution in [3.63, 3.8) is 0 Å². The van der Waals surface area contributed by atoms with Crippen molar-refractivity contribution in [3.8, 4) is 0 Å². The summed E-state index contributed by atoms with van der Waals surface area (Å²) in [5.41, 5.74) is 1.03. The summed E-state index contributed by atoms with van der Waals surface area (Å²) in [5.74, 6) is -0.748. The third-order valence-corrected chi connectivity index (χ3v) is 4.48. The summed E-state index contributed by atoms with van der Waals surface area (Å²) in [6.45, 7) is 0. The van der Waals surface area contributed by atoms with Gasteiger partial charge in [0.05, 0.1) is 25.3 Å². The van der Waals surface area contributed by atoms with Gasteiger partial charge in [0.15, 0.2) is 0 Å². The molecule has 118 valence electrons. The van der Waals surface area contributed by atoms with Gasteiger partial charge in [-0.15, -0.1) is 0 Å². The van der Waals surface area contributed by atoms with E-state index >= 15 is 0 Å². The number of ether oxygens (including phenoxy) is 2. The molecule has 0 spiro atoms. The molecule has 0 aliphatic heterocycles. The van der Waals surface area contributed by atoms with Gasteiger partial charge in [-0.3, -0.25) is 0 Å². The lowest BCUT2D eigenvalue weighted by atomic mass is 9.90. The molecule has 0 unspecified atom stereocenters. The summed E-state index contributed by atoms with van der Waals surface area (Å²) < 4.78 is 9.79. The van der Waals surface area contributed by atoms with E-state index in [1.54, 1.807) is 12.1 Å². The maximum Gasteiger partial charge on any atom is 0.338 e. The number of carbonyl (C=O) groups is 2. The van der Waals surface area contributed by atoms with Crippen LogP contribution in [0.4, 0.5) is 0 Å². The fraction of sp³-hybridized carbons (Fsp3) is 0.100. The SMILES string of the molecule is COC(=O)c1ccc2ccc3ccc(C(=O)OC)c4ccc1c2c34. The molecule has 0 amide bonds. The van der Waals surface area contributed by atoms with Crippen molar-refractivity contribution >= 4 is 44.3 Å². The number of carbonyl (C=O) groups excluding carboxylic acids is 2. The van der Waals surface area contributed by atoms with Gasteiger partial charge in [-0.05, 0) is 44.5 Å². The Bertz CT molecular complexity index is 1020. The van der Waals surface area contributed by atoms with Gasteiger partial charge in [-0.1, -0.05) is 36.4 Å². The Balaban J connectivity index is 2.21. The first-order valence-electron chi connectivity index (χ1n) is 7.53. The van der Waals surface area contributed by atoms with Gasteiger partial charge in [-0.25, -0.2) is 9.59 Å². The predicted molar refractivity (Wildman–Crippen MR) is 92.8 cm³/mol. The molecule has 24 heavy (non-hydrogen) atoms. The second-order valence-electron chi connectivity index (χ2n) is 5.63. The summed E-state index contributed by atoms with van der Waals surface area (Å²) in [4.78, 5) is 24.2. The minimum atomic E-state index is -0.374. The molecule has 4 aromatic carbocycles. The van der Waals surface area contributed by atoms with E-state index in [2.05, 4.69) is 0 Å². The monoisotopic (exact) mass is 318 g/mol. The molecular formula is C20H14O4. The summed E-state index contributed by atoms with van der Waals surface area (Å²) in [5, 5.41) is 5.58. The molecule has 4 aromatic rings. The molecule has 4 nitrogen and oxygen atoms in total. The first-order chi connectivity index (χ1) is 11.7. The Hall–Kier alpha value is -3.14. The summed E-state index contributed by atoms with van der Waals surface area (Å²) in [7, 11) is 2.74. The highest BCUT2D eigenvalue weighted by atomic mass is 16.5. The highest BCUT2D eigenvalue weighted by Gasteiger charge is 2.18. The molecule has 0 aliphatic rings. The lowest BCUT2D eigenvalue weighted by Crippen LogP contribution is -2.04. The van der Waals surface area contributed by atoms with Gasteiger partial charge in [0.2, 0.25) is 0 Å². The highest BCUT2D eigenvalue weighted by molar-refractivity contribution is 6.28. The normalized spacial score (nSPS) is 11.2. The van der Waals surface area contributed by atoms with E-state index < -0.39 is 0 Å². The van der Waals surface area contributed by atoms with Crippen molar-refractivity contribution in [2.75, 3.05) is 14.2 Å². The van der Waals surface area contributed by atoms with Gasteiger partial charge in [0.25, 0.3) is 0 Å². The van der Waals surface area contributed by atoms with E-state index in [1.165, 1.54) is 14.2 Å². The largest absolute Gasteiger partial charge is 0.465 e. The van der Waals surface area contributed by atoms with Crippen LogP contribution in [0.5, 0.6) is 0 Å². The van der Waals surface area contributed by atoms with Crippen LogP contribution in [0.1, 0.15) is 20.7 Å². The van der Waals surface area contributed by atoms with E-state index in [0.717, 1.165) is 32.3 Å². The van der Waals surface area contributed by atoms with Crippen LogP contribution in [0.3, 0.4) is 0 Å². The first kappa shape index (κ1) is 14.5. The quantitative estimate of drug-likeness (QED) is 0.411. The second-order valence-corrected chi connectivity index (χ2v) is 5.63. The third kappa shape index (κ3) is 1.86. The molecule has 0 saturated carbocycles. The first-order valence-corrected chi connectivity index (χ1v) is 7.53. The Morgan fingerprint density at radius 3 is 1.38 bits per heavy atom. The number of methoxy groups -OCH3 is 2. The Labute approximate surface area is 137 Å². The lowest BCUT2D eigenvalue weighted by molar-refractivity contribution is 0.0594. The fourth-order valence-corrected chi connectivity index (χ4v) is 3.38. The van der Waals surface area contributed by atoms with Gasteiger partial charge in [-0.2, -0.15) is 0 Å². The van der Waals surface area contributed by atoms with E-state index in [9.17, 15) is 9.59 Å². The van der Waals surface area contributed by atoms with Crippen LogP contribution >= 0.6 is 0 Å². The van der Waals surface area contributed by atoms with Crippen molar-refractivity contribution in [1.82, 2.24) is 0 Å². The van der Waals surface area contributed by atoms with Crippen LogP contribution in [-0.2, 0) is 9.47 Å². The standard InChI is InChI=1S/C20H14O4/c1-23-19(21)15-7-5-11-3-4-12-6-8-16(20(22)24-2)14-10-9-13(15)17(11)18(12)14/h3-10H,1-2H3. The Morgan fingerprint density at radius 2 is 1.00 bits per heavy atom. The maximum absolute atomic E-state index is 12.1. The third-order valence-electron chi connectivity index (χ3n) is 4.48. The second kappa shape index (κ2) is 5.20. The van der Waals surface area contributed by atoms with E-state index in [0.29, 0.717) is 11.1 Å². The molecule has 4 rings (SSSR count). The molecule has 0 N–H and O–H groups in total. The zero-order chi connectivity index (χ0) is 16.8. The van der Waals surface area contributed by atoms with Crippen LogP contribution in [0, 0.1) is 0 Å². The van der Waals surface area contributed by atoms with Crippen LogP contribution in [0.2, 0.25) is 0 Å². The Kier molecular flexibility index (Phi) is 3.13. The minimum Gasteiger partial charge on any atom is -0.465 e. The number of hydrogen-bond donors (Lipinski definition) is 0. The van der Waals surface area contributed by atoms with Crippen LogP contribution < -0.4 is 0 Å². The van der Waals surface area contributed by atoms with Crippen LogP contribution in [-0.4, -0.2) is 26.2 Å².